The molecule has 0 spiro atoms. The van der Waals surface area contributed by atoms with Crippen molar-refractivity contribution in [2.75, 3.05) is 0 Å². The van der Waals surface area contributed by atoms with Crippen molar-refractivity contribution in [3.8, 4) is 0 Å². The topological polar surface area (TPSA) is 26.0 Å². The van der Waals surface area contributed by atoms with Gasteiger partial charge >= 0.3 is 0 Å². The van der Waals surface area contributed by atoms with Crippen molar-refractivity contribution in [1.29, 1.82) is 0 Å². The molecule has 1 atom stereocenters. The average molecular weight is 271 g/mol. The molecule has 0 aliphatic carbocycles. The Bertz CT molecular complexity index is 611. The van der Waals surface area contributed by atoms with Gasteiger partial charge in [-0.2, -0.15) is 0 Å². The van der Waals surface area contributed by atoms with E-state index in [1.54, 1.807) is 6.07 Å². The van der Waals surface area contributed by atoms with Crippen LogP contribution in [0.1, 0.15) is 49.1 Å². The Morgan fingerprint density at radius 3 is 2.30 bits per heavy atom. The van der Waals surface area contributed by atoms with E-state index in [1.807, 2.05) is 31.2 Å². The number of rotatable bonds is 2. The summed E-state index contributed by atoms with van der Waals surface area (Å²) in [4.78, 5) is 0. The number of hydrogen-bond donors (Lipinski definition) is 1. The molecule has 0 heterocycles. The highest BCUT2D eigenvalue weighted by molar-refractivity contribution is 5.41. The number of aryl methyl sites for hydroxylation is 1. The Morgan fingerprint density at radius 1 is 1.00 bits per heavy atom. The van der Waals surface area contributed by atoms with Gasteiger partial charge in [-0.25, -0.2) is 4.39 Å². The lowest BCUT2D eigenvalue weighted by molar-refractivity contribution is 0.568. The Hall–Kier alpha value is -1.67. The summed E-state index contributed by atoms with van der Waals surface area (Å²) in [6.45, 7) is 8.38. The van der Waals surface area contributed by atoms with Crippen molar-refractivity contribution >= 4 is 0 Å². The fourth-order valence-electron chi connectivity index (χ4n) is 2.52. The summed E-state index contributed by atoms with van der Waals surface area (Å²) in [7, 11) is 0. The first-order chi connectivity index (χ1) is 9.30. The maximum absolute atomic E-state index is 14.1. The van der Waals surface area contributed by atoms with Gasteiger partial charge in [0.25, 0.3) is 0 Å². The first-order valence-corrected chi connectivity index (χ1v) is 6.92. The van der Waals surface area contributed by atoms with Crippen molar-refractivity contribution < 1.29 is 4.39 Å². The van der Waals surface area contributed by atoms with Crippen LogP contribution in [-0.4, -0.2) is 0 Å². The lowest BCUT2D eigenvalue weighted by atomic mass is 9.80. The third-order valence-corrected chi connectivity index (χ3v) is 3.59. The fourth-order valence-corrected chi connectivity index (χ4v) is 2.52. The van der Waals surface area contributed by atoms with Crippen molar-refractivity contribution in [3.63, 3.8) is 0 Å². The molecule has 1 nitrogen and oxygen atoms in total. The number of hydrogen-bond acceptors (Lipinski definition) is 1. The normalized spacial score (nSPS) is 13.3. The molecule has 0 saturated heterocycles. The van der Waals surface area contributed by atoms with Crippen LogP contribution >= 0.6 is 0 Å². The summed E-state index contributed by atoms with van der Waals surface area (Å²) in [6.07, 6.45) is 0. The summed E-state index contributed by atoms with van der Waals surface area (Å²) in [6, 6.07) is 12.7. The van der Waals surface area contributed by atoms with Crippen molar-refractivity contribution in [3.05, 3.63) is 70.5 Å². The van der Waals surface area contributed by atoms with E-state index in [9.17, 15) is 4.39 Å². The van der Waals surface area contributed by atoms with Crippen molar-refractivity contribution in [2.45, 2.75) is 39.2 Å². The molecular formula is C18H22FN. The fraction of sp³-hybridized carbons (Fsp3) is 0.333. The van der Waals surface area contributed by atoms with Crippen LogP contribution in [-0.2, 0) is 5.41 Å². The molecule has 2 N–H and O–H groups in total. The molecular weight excluding hydrogens is 249 g/mol. The van der Waals surface area contributed by atoms with E-state index in [0.717, 1.165) is 16.7 Å². The molecule has 0 radical (unpaired) electrons. The highest BCUT2D eigenvalue weighted by Gasteiger charge is 2.23. The minimum Gasteiger partial charge on any atom is -0.320 e. The van der Waals surface area contributed by atoms with Crippen molar-refractivity contribution in [1.82, 2.24) is 0 Å². The van der Waals surface area contributed by atoms with E-state index in [0.29, 0.717) is 5.56 Å². The van der Waals surface area contributed by atoms with E-state index in [-0.39, 0.29) is 11.2 Å². The Morgan fingerprint density at radius 2 is 1.65 bits per heavy atom. The van der Waals surface area contributed by atoms with E-state index < -0.39 is 6.04 Å². The molecule has 2 heteroatoms. The summed E-state index contributed by atoms with van der Waals surface area (Å²) in [5.41, 5.74) is 10.1. The van der Waals surface area contributed by atoms with Crippen LogP contribution in [0.15, 0.2) is 42.5 Å². The van der Waals surface area contributed by atoms with Gasteiger partial charge in [-0.05, 0) is 29.5 Å². The first-order valence-electron chi connectivity index (χ1n) is 6.92. The molecule has 0 fully saturated rings. The minimum absolute atomic E-state index is 0.0193. The lowest BCUT2D eigenvalue weighted by Crippen LogP contribution is -2.21. The zero-order valence-electron chi connectivity index (χ0n) is 12.6. The summed E-state index contributed by atoms with van der Waals surface area (Å²) < 4.78 is 14.1. The van der Waals surface area contributed by atoms with Gasteiger partial charge in [0.15, 0.2) is 0 Å². The van der Waals surface area contributed by atoms with Gasteiger partial charge in [0.05, 0.1) is 6.04 Å². The van der Waals surface area contributed by atoms with Crippen LogP contribution < -0.4 is 5.73 Å². The van der Waals surface area contributed by atoms with Gasteiger partial charge in [-0.3, -0.25) is 0 Å². The van der Waals surface area contributed by atoms with Crippen LogP contribution in [0.4, 0.5) is 4.39 Å². The molecule has 2 rings (SSSR count). The Kier molecular flexibility index (Phi) is 3.96. The molecule has 2 aromatic rings. The number of nitrogens with two attached hydrogens (primary N) is 1. The second-order valence-electron chi connectivity index (χ2n) is 6.34. The molecule has 106 valence electrons. The Balaban J connectivity index is 2.54. The summed E-state index contributed by atoms with van der Waals surface area (Å²) >= 11 is 0. The maximum atomic E-state index is 14.1. The molecule has 1 unspecified atom stereocenters. The minimum atomic E-state index is -0.440. The smallest absolute Gasteiger partial charge is 0.128 e. The second kappa shape index (κ2) is 5.37. The first kappa shape index (κ1) is 14.7. The summed E-state index contributed by atoms with van der Waals surface area (Å²) in [5.74, 6) is -0.244. The third-order valence-electron chi connectivity index (χ3n) is 3.59. The highest BCUT2D eigenvalue weighted by atomic mass is 19.1. The average Bonchev–Trinajstić information content (AvgIpc) is 2.40. The Labute approximate surface area is 120 Å². The molecule has 2 aromatic carbocycles. The maximum Gasteiger partial charge on any atom is 0.128 e. The predicted octanol–water partition coefficient (Wildman–Crippen LogP) is 4.48. The van der Waals surface area contributed by atoms with Gasteiger partial charge in [0, 0.05) is 5.56 Å². The van der Waals surface area contributed by atoms with E-state index in [1.165, 1.54) is 6.07 Å². The molecule has 0 aliphatic heterocycles. The van der Waals surface area contributed by atoms with Gasteiger partial charge in [0.2, 0.25) is 0 Å². The predicted molar refractivity (Wildman–Crippen MR) is 82.3 cm³/mol. The molecule has 0 amide bonds. The zero-order valence-corrected chi connectivity index (χ0v) is 12.6. The number of benzene rings is 2. The molecule has 0 bridgehead atoms. The second-order valence-corrected chi connectivity index (χ2v) is 6.34. The van der Waals surface area contributed by atoms with E-state index in [2.05, 4.69) is 26.8 Å². The molecule has 0 saturated carbocycles. The highest BCUT2D eigenvalue weighted by Crippen LogP contribution is 2.32. The van der Waals surface area contributed by atoms with Gasteiger partial charge < -0.3 is 5.73 Å². The quantitative estimate of drug-likeness (QED) is 0.856. The van der Waals surface area contributed by atoms with E-state index >= 15 is 0 Å². The largest absolute Gasteiger partial charge is 0.320 e. The molecule has 20 heavy (non-hydrogen) atoms. The SMILES string of the molecule is Cc1ccc(F)c(C(N)c2ccccc2C(C)(C)C)c1. The van der Waals surface area contributed by atoms with Crippen LogP contribution in [0.2, 0.25) is 0 Å². The van der Waals surface area contributed by atoms with Crippen molar-refractivity contribution in [2.24, 2.45) is 5.73 Å². The monoisotopic (exact) mass is 271 g/mol. The standard InChI is InChI=1S/C18H22FN/c1-12-9-10-16(19)14(11-12)17(20)13-7-5-6-8-15(13)18(2,3)4/h5-11,17H,20H2,1-4H3. The molecule has 0 aliphatic rings. The number of halogens is 1. The van der Waals surface area contributed by atoms with Gasteiger partial charge in [-0.1, -0.05) is 62.7 Å². The van der Waals surface area contributed by atoms with Gasteiger partial charge in [-0.15, -0.1) is 0 Å². The van der Waals surface area contributed by atoms with Crippen LogP contribution in [0.3, 0.4) is 0 Å². The van der Waals surface area contributed by atoms with Gasteiger partial charge in [0.1, 0.15) is 5.82 Å². The van der Waals surface area contributed by atoms with Crippen LogP contribution in [0.25, 0.3) is 0 Å². The molecule has 0 aromatic heterocycles. The zero-order chi connectivity index (χ0) is 14.9. The van der Waals surface area contributed by atoms with E-state index in [4.69, 9.17) is 5.73 Å². The summed E-state index contributed by atoms with van der Waals surface area (Å²) in [5, 5.41) is 0. The third kappa shape index (κ3) is 2.91. The lowest BCUT2D eigenvalue weighted by Gasteiger charge is -2.26. The van der Waals surface area contributed by atoms with Crippen LogP contribution in [0, 0.1) is 12.7 Å². The van der Waals surface area contributed by atoms with Crippen LogP contribution in [0.5, 0.6) is 0 Å².